The SMILES string of the molecule is COc1ccc(-c2ccc3nccc(C(=O)NCC(=O)N4CC(F)(F)C[C@H]4C#N)c3c2)c(OCCNC(=O)CNC(=O)c2ccc(C(=O)O)c(-c3c4ccc(=O)cc-4oc4cc(O)ccc34)c2)c1. The monoisotopic (exact) mass is 924 g/mol. The number of amides is 4. The zero-order valence-electron chi connectivity index (χ0n) is 35.8. The van der Waals surface area contributed by atoms with Crippen LogP contribution in [-0.4, -0.2) is 102 Å². The number of ether oxygens (including phenoxy) is 2. The molecule has 1 saturated heterocycles. The molecule has 2 aliphatic heterocycles. The summed E-state index contributed by atoms with van der Waals surface area (Å²) in [5, 5.41) is 38.1. The van der Waals surface area contributed by atoms with Gasteiger partial charge in [0.2, 0.25) is 11.8 Å². The maximum absolute atomic E-state index is 13.9. The number of aromatic hydroxyl groups is 1. The minimum atomic E-state index is -3.21. The summed E-state index contributed by atoms with van der Waals surface area (Å²) >= 11 is 0. The fraction of sp³-hybridized carbons (Fsp3) is 0.184. The average Bonchev–Trinajstić information content (AvgIpc) is 3.66. The number of carbonyl (C=O) groups excluding carboxylic acids is 4. The second-order valence-electron chi connectivity index (χ2n) is 15.6. The number of likely N-dealkylation sites (tertiary alicyclic amines) is 1. The highest BCUT2D eigenvalue weighted by Crippen LogP contribution is 2.42. The molecule has 5 N–H and O–H groups in total. The van der Waals surface area contributed by atoms with Crippen LogP contribution in [0.15, 0.2) is 112 Å². The maximum Gasteiger partial charge on any atom is 0.336 e. The van der Waals surface area contributed by atoms with Gasteiger partial charge in [0.05, 0.1) is 56.0 Å². The third-order valence-corrected chi connectivity index (χ3v) is 11.2. The Balaban J connectivity index is 0.925. The molecular formula is C49H38F2N6O11. The van der Waals surface area contributed by atoms with Crippen LogP contribution in [0.4, 0.5) is 8.78 Å². The highest BCUT2D eigenvalue weighted by atomic mass is 19.3. The number of nitrogens with one attached hydrogen (secondary N) is 3. The Kier molecular flexibility index (Phi) is 12.7. The summed E-state index contributed by atoms with van der Waals surface area (Å²) < 4.78 is 45.3. The van der Waals surface area contributed by atoms with Crippen LogP contribution in [0.25, 0.3) is 55.4 Å². The minimum absolute atomic E-state index is 0.00247. The van der Waals surface area contributed by atoms with Gasteiger partial charge < -0.3 is 45.0 Å². The lowest BCUT2D eigenvalue weighted by Gasteiger charge is -2.19. The molecule has 68 heavy (non-hydrogen) atoms. The molecule has 0 saturated carbocycles. The first kappa shape index (κ1) is 45.6. The zero-order chi connectivity index (χ0) is 48.3. The molecule has 0 radical (unpaired) electrons. The summed E-state index contributed by atoms with van der Waals surface area (Å²) in [7, 11) is 1.47. The molecule has 5 aromatic rings. The van der Waals surface area contributed by atoms with Crippen molar-refractivity contribution in [3.8, 4) is 56.9 Å². The molecular weight excluding hydrogens is 887 g/mol. The molecule has 3 aliphatic rings. The first-order chi connectivity index (χ1) is 32.6. The molecule has 3 heterocycles. The number of rotatable bonds is 14. The van der Waals surface area contributed by atoms with Crippen LogP contribution in [0.1, 0.15) is 37.5 Å². The van der Waals surface area contributed by atoms with E-state index < -0.39 is 67.6 Å². The van der Waals surface area contributed by atoms with Crippen LogP contribution in [0.3, 0.4) is 0 Å². The van der Waals surface area contributed by atoms with Crippen molar-refractivity contribution in [2.75, 3.05) is 39.9 Å². The topological polar surface area (TPSA) is 250 Å². The molecule has 4 amide bonds. The smallest absolute Gasteiger partial charge is 0.336 e. The molecule has 19 heteroatoms. The third kappa shape index (κ3) is 9.55. The number of phenols is 1. The van der Waals surface area contributed by atoms with Crippen LogP contribution < -0.4 is 30.9 Å². The number of methoxy groups -OCH3 is 1. The van der Waals surface area contributed by atoms with E-state index >= 15 is 0 Å². The van der Waals surface area contributed by atoms with E-state index in [1.165, 1.54) is 74.0 Å². The van der Waals surface area contributed by atoms with Gasteiger partial charge in [-0.3, -0.25) is 29.0 Å². The number of fused-ring (bicyclic) bond motifs is 3. The third-order valence-electron chi connectivity index (χ3n) is 11.2. The van der Waals surface area contributed by atoms with E-state index in [0.29, 0.717) is 50.0 Å². The van der Waals surface area contributed by atoms with E-state index in [-0.39, 0.29) is 57.9 Å². The van der Waals surface area contributed by atoms with Crippen molar-refractivity contribution in [3.63, 3.8) is 0 Å². The number of carboxylic acid groups (broad SMARTS) is 1. The zero-order valence-corrected chi connectivity index (χ0v) is 35.8. The summed E-state index contributed by atoms with van der Waals surface area (Å²) in [4.78, 5) is 82.3. The lowest BCUT2D eigenvalue weighted by atomic mass is 9.89. The van der Waals surface area contributed by atoms with E-state index in [1.807, 2.05) is 0 Å². The number of alkyl halides is 2. The van der Waals surface area contributed by atoms with Gasteiger partial charge in [-0.2, -0.15) is 5.26 Å². The Labute approximate surface area is 383 Å². The Morgan fingerprint density at radius 1 is 0.868 bits per heavy atom. The number of nitriles is 1. The number of benzene rings is 5. The van der Waals surface area contributed by atoms with Gasteiger partial charge in [0.1, 0.15) is 41.2 Å². The fourth-order valence-electron chi connectivity index (χ4n) is 7.95. The number of phenolic OH excluding ortho intramolecular Hbond substituents is 1. The number of aromatic nitrogens is 1. The molecule has 17 nitrogen and oxygen atoms in total. The highest BCUT2D eigenvalue weighted by molar-refractivity contribution is 6.10. The number of pyridine rings is 1. The number of halogens is 2. The van der Waals surface area contributed by atoms with Gasteiger partial charge in [-0.25, -0.2) is 13.6 Å². The fourth-order valence-corrected chi connectivity index (χ4v) is 7.95. The molecule has 0 unspecified atom stereocenters. The highest BCUT2D eigenvalue weighted by Gasteiger charge is 2.47. The van der Waals surface area contributed by atoms with Crippen LogP contribution in [0.2, 0.25) is 0 Å². The van der Waals surface area contributed by atoms with Gasteiger partial charge in [-0.05, 0) is 83.9 Å². The van der Waals surface area contributed by atoms with Crippen molar-refractivity contribution >= 4 is 51.5 Å². The van der Waals surface area contributed by atoms with Crippen molar-refractivity contribution in [2.24, 2.45) is 0 Å². The lowest BCUT2D eigenvalue weighted by Crippen LogP contribution is -2.43. The second-order valence-corrected chi connectivity index (χ2v) is 15.6. The van der Waals surface area contributed by atoms with Crippen LogP contribution >= 0.6 is 0 Å². The summed E-state index contributed by atoms with van der Waals surface area (Å²) in [6.45, 7) is -2.02. The van der Waals surface area contributed by atoms with E-state index in [9.17, 15) is 53.0 Å². The van der Waals surface area contributed by atoms with Crippen LogP contribution in [-0.2, 0) is 9.59 Å². The Morgan fingerprint density at radius 3 is 2.44 bits per heavy atom. The average molecular weight is 925 g/mol. The Bertz CT molecular complexity index is 3260. The van der Waals surface area contributed by atoms with Gasteiger partial charge in [0, 0.05) is 63.8 Å². The van der Waals surface area contributed by atoms with Crippen molar-refractivity contribution in [3.05, 3.63) is 130 Å². The van der Waals surface area contributed by atoms with Crippen LogP contribution in [0.5, 0.6) is 17.2 Å². The first-order valence-corrected chi connectivity index (χ1v) is 20.8. The number of hydrogen-bond donors (Lipinski definition) is 5. The van der Waals surface area contributed by atoms with Gasteiger partial charge in [0.15, 0.2) is 5.43 Å². The number of hydrogen-bond acceptors (Lipinski definition) is 12. The summed E-state index contributed by atoms with van der Waals surface area (Å²) in [6.07, 6.45) is 0.630. The number of carboxylic acids is 1. The lowest BCUT2D eigenvalue weighted by molar-refractivity contribution is -0.131. The van der Waals surface area contributed by atoms with Gasteiger partial charge in [0.25, 0.3) is 17.7 Å². The van der Waals surface area contributed by atoms with E-state index in [1.54, 1.807) is 42.5 Å². The molecule has 1 aromatic heterocycles. The van der Waals surface area contributed by atoms with E-state index in [4.69, 9.17) is 13.9 Å². The molecule has 8 rings (SSSR count). The van der Waals surface area contributed by atoms with Gasteiger partial charge >= 0.3 is 5.97 Å². The molecule has 1 aliphatic carbocycles. The largest absolute Gasteiger partial charge is 0.508 e. The normalized spacial score (nSPS) is 14.0. The van der Waals surface area contributed by atoms with Crippen molar-refractivity contribution in [1.29, 1.82) is 5.26 Å². The Morgan fingerprint density at radius 2 is 1.66 bits per heavy atom. The molecule has 1 fully saturated rings. The van der Waals surface area contributed by atoms with E-state index in [0.717, 1.165) is 4.90 Å². The predicted molar refractivity (Wildman–Crippen MR) is 241 cm³/mol. The van der Waals surface area contributed by atoms with Gasteiger partial charge in [-0.1, -0.05) is 6.07 Å². The van der Waals surface area contributed by atoms with Gasteiger partial charge in [-0.15, -0.1) is 0 Å². The molecule has 344 valence electrons. The van der Waals surface area contributed by atoms with E-state index in [2.05, 4.69) is 20.9 Å². The molecule has 1 atom stereocenters. The van der Waals surface area contributed by atoms with Crippen molar-refractivity contribution < 1.29 is 56.9 Å². The van der Waals surface area contributed by atoms with Crippen molar-refractivity contribution in [1.82, 2.24) is 25.8 Å². The quantitative estimate of drug-likeness (QED) is 0.0658. The Hall–Kier alpha value is -8.92. The molecule has 0 bridgehead atoms. The predicted octanol–water partition coefficient (Wildman–Crippen LogP) is 5.61. The van der Waals surface area contributed by atoms with Crippen LogP contribution in [0, 0.1) is 11.3 Å². The number of carbonyl (C=O) groups is 5. The van der Waals surface area contributed by atoms with Crippen molar-refractivity contribution in [2.45, 2.75) is 18.4 Å². The summed E-state index contributed by atoms with van der Waals surface area (Å²) in [6, 6.07) is 24.2. The minimum Gasteiger partial charge on any atom is -0.508 e. The number of aromatic carboxylic acids is 1. The maximum atomic E-state index is 13.9. The molecule has 0 spiro atoms. The molecule has 4 aromatic carbocycles. The standard InChI is InChI=1S/C49H38F2N6O11/c1-66-31-6-10-32(26-3-11-39-37(16-26)33(12-13-53-39)47(63)56-24-44(61)57-25-49(50,51)21-28(57)22-52)40(20-31)67-15-14-54-43(60)23-55-46(62)27-2-7-34(48(64)65)38(17-27)45-35-8-4-29(58)18-41(35)68-42-19-30(59)5-9-36(42)45/h2-13,16-20,28,58H,14-15,21,23-25H2,1H3,(H,54,60)(H,55,62)(H,56,63)(H,64,65)/t28-/m0/s1. The second kappa shape index (κ2) is 18.9. The summed E-state index contributed by atoms with van der Waals surface area (Å²) in [5.74, 6) is -6.44. The number of nitrogens with zero attached hydrogens (tertiary/aromatic N) is 3. The first-order valence-electron chi connectivity index (χ1n) is 20.8. The summed E-state index contributed by atoms with van der Waals surface area (Å²) in [5.41, 5.74) is 2.28.